The summed E-state index contributed by atoms with van der Waals surface area (Å²) in [5, 5.41) is 12.0. The van der Waals surface area contributed by atoms with Crippen LogP contribution in [0.2, 0.25) is 0 Å². The van der Waals surface area contributed by atoms with Gasteiger partial charge in [0.05, 0.1) is 5.56 Å². The zero-order valence-corrected chi connectivity index (χ0v) is 12.2. The van der Waals surface area contributed by atoms with Crippen LogP contribution in [-0.2, 0) is 4.79 Å². The van der Waals surface area contributed by atoms with E-state index in [2.05, 4.69) is 5.32 Å². The number of amides is 1. The van der Waals surface area contributed by atoms with Gasteiger partial charge in [0, 0.05) is 4.90 Å². The van der Waals surface area contributed by atoms with Gasteiger partial charge in [-0.3, -0.25) is 4.79 Å². The van der Waals surface area contributed by atoms with Crippen LogP contribution in [0.4, 0.5) is 0 Å². The predicted octanol–water partition coefficient (Wildman–Crippen LogP) is 2.78. The van der Waals surface area contributed by atoms with Crippen molar-refractivity contribution in [3.8, 4) is 0 Å². The third kappa shape index (κ3) is 3.29. The lowest BCUT2D eigenvalue weighted by atomic mass is 9.92. The van der Waals surface area contributed by atoms with E-state index >= 15 is 0 Å². The zero-order chi connectivity index (χ0) is 14.5. The molecule has 1 rings (SSSR count). The number of aliphatic carboxylic acids is 1. The Labute approximate surface area is 117 Å². The lowest BCUT2D eigenvalue weighted by Gasteiger charge is -2.28. The van der Waals surface area contributed by atoms with E-state index in [9.17, 15) is 14.7 Å². The normalized spacial score (nSPS) is 11.1. The summed E-state index contributed by atoms with van der Waals surface area (Å²) in [4.78, 5) is 24.5. The first-order chi connectivity index (χ1) is 9.00. The van der Waals surface area contributed by atoms with Gasteiger partial charge in [0.25, 0.3) is 5.91 Å². The molecule has 0 bridgehead atoms. The van der Waals surface area contributed by atoms with Crippen molar-refractivity contribution in [1.29, 1.82) is 0 Å². The molecule has 0 saturated carbocycles. The third-order valence-electron chi connectivity index (χ3n) is 3.32. The highest BCUT2D eigenvalue weighted by Crippen LogP contribution is 2.22. The summed E-state index contributed by atoms with van der Waals surface area (Å²) in [6, 6.07) is 7.18. The van der Waals surface area contributed by atoms with E-state index in [0.29, 0.717) is 18.4 Å². The lowest BCUT2D eigenvalue weighted by molar-refractivity contribution is -0.144. The van der Waals surface area contributed by atoms with E-state index in [0.717, 1.165) is 4.90 Å². The summed E-state index contributed by atoms with van der Waals surface area (Å²) in [5.74, 6) is -1.33. The SMILES string of the molecule is CCC(CC)(NC(=O)c1ccccc1SC)C(=O)O. The molecule has 1 amide bonds. The number of rotatable bonds is 6. The average molecular weight is 281 g/mol. The first-order valence-electron chi connectivity index (χ1n) is 6.19. The number of hydrogen-bond donors (Lipinski definition) is 2. The summed E-state index contributed by atoms with van der Waals surface area (Å²) in [5.41, 5.74) is -0.676. The fraction of sp³-hybridized carbons (Fsp3) is 0.429. The maximum Gasteiger partial charge on any atom is 0.329 e. The van der Waals surface area contributed by atoms with E-state index in [1.165, 1.54) is 11.8 Å². The van der Waals surface area contributed by atoms with Crippen LogP contribution >= 0.6 is 11.8 Å². The minimum absolute atomic E-state index is 0.337. The lowest BCUT2D eigenvalue weighted by Crippen LogP contribution is -2.53. The standard InChI is InChI=1S/C14H19NO3S/c1-4-14(5-2,13(17)18)15-12(16)10-8-6-7-9-11(10)19-3/h6-9H,4-5H2,1-3H3,(H,15,16)(H,17,18). The number of carbonyl (C=O) groups is 2. The molecule has 0 saturated heterocycles. The van der Waals surface area contributed by atoms with Crippen molar-refractivity contribution in [2.75, 3.05) is 6.26 Å². The molecule has 0 aromatic heterocycles. The van der Waals surface area contributed by atoms with Crippen molar-refractivity contribution in [1.82, 2.24) is 5.32 Å². The van der Waals surface area contributed by atoms with Gasteiger partial charge >= 0.3 is 5.97 Å². The van der Waals surface area contributed by atoms with Gasteiger partial charge in [-0.15, -0.1) is 11.8 Å². The Kier molecular flexibility index (Phi) is 5.42. The van der Waals surface area contributed by atoms with Crippen molar-refractivity contribution in [2.45, 2.75) is 37.1 Å². The van der Waals surface area contributed by atoms with Gasteiger partial charge in [-0.05, 0) is 31.2 Å². The number of carboxylic acids is 1. The Morgan fingerprint density at radius 1 is 1.26 bits per heavy atom. The van der Waals surface area contributed by atoms with Crippen LogP contribution < -0.4 is 5.32 Å². The molecule has 0 atom stereocenters. The molecule has 0 aliphatic carbocycles. The molecule has 0 unspecified atom stereocenters. The molecule has 104 valence electrons. The third-order valence-corrected chi connectivity index (χ3v) is 4.12. The van der Waals surface area contributed by atoms with Crippen LogP contribution in [0, 0.1) is 0 Å². The topological polar surface area (TPSA) is 66.4 Å². The molecule has 1 aromatic carbocycles. The second kappa shape index (κ2) is 6.61. The number of hydrogen-bond acceptors (Lipinski definition) is 3. The highest BCUT2D eigenvalue weighted by molar-refractivity contribution is 7.98. The van der Waals surface area contributed by atoms with Crippen LogP contribution in [0.15, 0.2) is 29.2 Å². The minimum Gasteiger partial charge on any atom is -0.480 e. The van der Waals surface area contributed by atoms with Crippen LogP contribution in [0.5, 0.6) is 0 Å². The molecule has 5 heteroatoms. The van der Waals surface area contributed by atoms with Crippen LogP contribution in [0.1, 0.15) is 37.0 Å². The second-order valence-corrected chi connectivity index (χ2v) is 5.10. The maximum atomic E-state index is 12.3. The van der Waals surface area contributed by atoms with Crippen molar-refractivity contribution < 1.29 is 14.7 Å². The maximum absolute atomic E-state index is 12.3. The molecule has 0 aliphatic rings. The summed E-state index contributed by atoms with van der Waals surface area (Å²) in [6.45, 7) is 3.52. The quantitative estimate of drug-likeness (QED) is 0.787. The Morgan fingerprint density at radius 3 is 2.32 bits per heavy atom. The molecule has 0 aliphatic heterocycles. The molecular formula is C14H19NO3S. The van der Waals surface area contributed by atoms with Gasteiger partial charge in [0.15, 0.2) is 0 Å². The first kappa shape index (κ1) is 15.6. The molecule has 0 radical (unpaired) electrons. The molecule has 0 fully saturated rings. The molecular weight excluding hydrogens is 262 g/mol. The Morgan fingerprint density at radius 2 is 1.84 bits per heavy atom. The number of benzene rings is 1. The van der Waals surface area contributed by atoms with Gasteiger partial charge < -0.3 is 10.4 Å². The van der Waals surface area contributed by atoms with Crippen LogP contribution in [0.25, 0.3) is 0 Å². The summed E-state index contributed by atoms with van der Waals surface area (Å²) >= 11 is 1.47. The van der Waals surface area contributed by atoms with Gasteiger partial charge in [-0.1, -0.05) is 26.0 Å². The molecule has 19 heavy (non-hydrogen) atoms. The van der Waals surface area contributed by atoms with Gasteiger partial charge in [0.2, 0.25) is 0 Å². The molecule has 0 heterocycles. The fourth-order valence-corrected chi connectivity index (χ4v) is 2.49. The monoisotopic (exact) mass is 281 g/mol. The van der Waals surface area contributed by atoms with E-state index in [1.54, 1.807) is 26.0 Å². The zero-order valence-electron chi connectivity index (χ0n) is 11.4. The van der Waals surface area contributed by atoms with Crippen molar-refractivity contribution in [2.24, 2.45) is 0 Å². The largest absolute Gasteiger partial charge is 0.480 e. The number of carboxylic acid groups (broad SMARTS) is 1. The van der Waals surface area contributed by atoms with E-state index in [-0.39, 0.29) is 5.91 Å². The summed E-state index contributed by atoms with van der Waals surface area (Å²) in [7, 11) is 0. The van der Waals surface area contributed by atoms with Crippen LogP contribution in [-0.4, -0.2) is 28.8 Å². The molecule has 0 spiro atoms. The summed E-state index contributed by atoms with van der Waals surface area (Å²) in [6.07, 6.45) is 2.59. The smallest absolute Gasteiger partial charge is 0.329 e. The van der Waals surface area contributed by atoms with Crippen molar-refractivity contribution >= 4 is 23.6 Å². The molecule has 4 nitrogen and oxygen atoms in total. The number of thioether (sulfide) groups is 1. The molecule has 2 N–H and O–H groups in total. The highest BCUT2D eigenvalue weighted by atomic mass is 32.2. The Balaban J connectivity index is 3.04. The average Bonchev–Trinajstić information content (AvgIpc) is 2.44. The van der Waals surface area contributed by atoms with Gasteiger partial charge in [0.1, 0.15) is 5.54 Å². The van der Waals surface area contributed by atoms with Gasteiger partial charge in [-0.25, -0.2) is 4.79 Å². The van der Waals surface area contributed by atoms with E-state index in [1.807, 2.05) is 18.4 Å². The Hall–Kier alpha value is -1.49. The molecule has 1 aromatic rings. The van der Waals surface area contributed by atoms with Crippen molar-refractivity contribution in [3.05, 3.63) is 29.8 Å². The van der Waals surface area contributed by atoms with E-state index < -0.39 is 11.5 Å². The number of carbonyl (C=O) groups excluding carboxylic acids is 1. The number of nitrogens with one attached hydrogen (secondary N) is 1. The van der Waals surface area contributed by atoms with Gasteiger partial charge in [-0.2, -0.15) is 0 Å². The fourth-order valence-electron chi connectivity index (χ4n) is 1.90. The Bertz CT molecular complexity index is 470. The second-order valence-electron chi connectivity index (χ2n) is 4.25. The minimum atomic E-state index is -1.19. The van der Waals surface area contributed by atoms with E-state index in [4.69, 9.17) is 0 Å². The van der Waals surface area contributed by atoms with Crippen LogP contribution in [0.3, 0.4) is 0 Å². The summed E-state index contributed by atoms with van der Waals surface area (Å²) < 4.78 is 0. The first-order valence-corrected chi connectivity index (χ1v) is 7.42. The van der Waals surface area contributed by atoms with Crippen molar-refractivity contribution in [3.63, 3.8) is 0 Å². The highest BCUT2D eigenvalue weighted by Gasteiger charge is 2.36. The predicted molar refractivity (Wildman–Crippen MR) is 76.6 cm³/mol.